The van der Waals surface area contributed by atoms with Gasteiger partial charge >= 0.3 is 11.9 Å². The van der Waals surface area contributed by atoms with Gasteiger partial charge in [0.1, 0.15) is 0 Å². The lowest BCUT2D eigenvalue weighted by Crippen LogP contribution is -2.07. The van der Waals surface area contributed by atoms with E-state index in [9.17, 15) is 18.4 Å². The number of benzene rings is 1. The van der Waals surface area contributed by atoms with Gasteiger partial charge in [0.25, 0.3) is 6.43 Å². The molecule has 0 unspecified atom stereocenters. The van der Waals surface area contributed by atoms with Crippen LogP contribution >= 0.6 is 11.3 Å². The third-order valence-corrected chi connectivity index (χ3v) is 3.90. The summed E-state index contributed by atoms with van der Waals surface area (Å²) in [7, 11) is 2.39. The molecule has 0 N–H and O–H groups in total. The van der Waals surface area contributed by atoms with Crippen LogP contribution in [0.5, 0.6) is 0 Å². The van der Waals surface area contributed by atoms with Crippen LogP contribution in [0.2, 0.25) is 0 Å². The minimum Gasteiger partial charge on any atom is -0.465 e. The van der Waals surface area contributed by atoms with Gasteiger partial charge in [-0.2, -0.15) is 0 Å². The molecule has 0 saturated heterocycles. The molecule has 4 nitrogen and oxygen atoms in total. The summed E-state index contributed by atoms with van der Waals surface area (Å²) in [5.74, 6) is -1.33. The lowest BCUT2D eigenvalue weighted by molar-refractivity contribution is 0.0599. The zero-order valence-electron chi connectivity index (χ0n) is 11.8. The number of ether oxygens (including phenoxy) is 2. The van der Waals surface area contributed by atoms with Gasteiger partial charge in [0.05, 0.1) is 30.2 Å². The Bertz CT molecular complexity index is 675. The number of carbonyl (C=O) groups is 2. The summed E-state index contributed by atoms with van der Waals surface area (Å²) in [6.45, 7) is 0. The fourth-order valence-electron chi connectivity index (χ4n) is 1.98. The van der Waals surface area contributed by atoms with Crippen molar-refractivity contribution in [1.82, 2.24) is 0 Å². The van der Waals surface area contributed by atoms with Crippen molar-refractivity contribution in [2.24, 2.45) is 0 Å². The molecule has 0 saturated carbocycles. The van der Waals surface area contributed by atoms with Gasteiger partial charge in [-0.1, -0.05) is 0 Å². The van der Waals surface area contributed by atoms with Crippen LogP contribution < -0.4 is 0 Å². The second-order valence-corrected chi connectivity index (χ2v) is 5.23. The SMILES string of the molecule is COC(=O)c1cc(C(=O)OC)cc(-c2ccsc2C(F)F)c1. The highest BCUT2D eigenvalue weighted by atomic mass is 32.1. The fraction of sp³-hybridized carbons (Fsp3) is 0.200. The minimum absolute atomic E-state index is 0.0896. The first-order valence-corrected chi connectivity index (χ1v) is 7.03. The van der Waals surface area contributed by atoms with Crippen molar-refractivity contribution in [3.05, 3.63) is 45.6 Å². The Morgan fingerprint density at radius 2 is 1.59 bits per heavy atom. The maximum atomic E-state index is 13.0. The summed E-state index contributed by atoms with van der Waals surface area (Å²) in [5, 5.41) is 1.53. The van der Waals surface area contributed by atoms with Gasteiger partial charge in [-0.25, -0.2) is 18.4 Å². The Balaban J connectivity index is 2.61. The van der Waals surface area contributed by atoms with E-state index in [2.05, 4.69) is 9.47 Å². The quantitative estimate of drug-likeness (QED) is 0.799. The molecule has 0 aliphatic rings. The van der Waals surface area contributed by atoms with E-state index >= 15 is 0 Å². The Hall–Kier alpha value is -2.28. The van der Waals surface area contributed by atoms with E-state index in [0.717, 1.165) is 11.3 Å². The first-order valence-electron chi connectivity index (χ1n) is 6.15. The van der Waals surface area contributed by atoms with Crippen molar-refractivity contribution in [2.75, 3.05) is 14.2 Å². The molecule has 0 spiro atoms. The molecule has 0 aliphatic carbocycles. The molecule has 2 rings (SSSR count). The molecule has 0 radical (unpaired) electrons. The first-order chi connectivity index (χ1) is 10.5. The van der Waals surface area contributed by atoms with E-state index in [1.54, 1.807) is 0 Å². The van der Waals surface area contributed by atoms with Crippen molar-refractivity contribution in [2.45, 2.75) is 6.43 Å². The number of esters is 2. The van der Waals surface area contributed by atoms with E-state index in [-0.39, 0.29) is 21.6 Å². The third kappa shape index (κ3) is 3.14. The van der Waals surface area contributed by atoms with Gasteiger partial charge in [-0.3, -0.25) is 0 Å². The molecule has 0 aliphatic heterocycles. The number of hydrogen-bond acceptors (Lipinski definition) is 5. The number of alkyl halides is 2. The predicted molar refractivity (Wildman–Crippen MR) is 77.4 cm³/mol. The fourth-order valence-corrected chi connectivity index (χ4v) is 2.75. The lowest BCUT2D eigenvalue weighted by atomic mass is 10.00. The standard InChI is InChI=1S/C15H12F2O4S/c1-20-14(18)9-5-8(6-10(7-9)15(19)21-2)11-3-4-22-12(11)13(16)17/h3-7,13H,1-2H3. The molecule has 1 aromatic carbocycles. The summed E-state index contributed by atoms with van der Waals surface area (Å²) < 4.78 is 35.3. The van der Waals surface area contributed by atoms with Crippen LogP contribution in [-0.2, 0) is 9.47 Å². The zero-order chi connectivity index (χ0) is 16.3. The van der Waals surface area contributed by atoms with Gasteiger partial charge in [0.2, 0.25) is 0 Å². The Morgan fingerprint density at radius 3 is 2.05 bits per heavy atom. The Labute approximate surface area is 129 Å². The maximum absolute atomic E-state index is 13.0. The van der Waals surface area contributed by atoms with E-state index in [0.29, 0.717) is 5.56 Å². The third-order valence-electron chi connectivity index (χ3n) is 2.98. The molecule has 7 heteroatoms. The topological polar surface area (TPSA) is 52.6 Å². The van der Waals surface area contributed by atoms with Gasteiger partial charge in [0.15, 0.2) is 0 Å². The van der Waals surface area contributed by atoms with Crippen molar-refractivity contribution in [3.63, 3.8) is 0 Å². The molecule has 0 fully saturated rings. The second-order valence-electron chi connectivity index (χ2n) is 4.28. The normalized spacial score (nSPS) is 10.6. The largest absolute Gasteiger partial charge is 0.465 e. The van der Waals surface area contributed by atoms with Gasteiger partial charge in [-0.05, 0) is 35.2 Å². The number of methoxy groups -OCH3 is 2. The van der Waals surface area contributed by atoms with Gasteiger partial charge in [-0.15, -0.1) is 11.3 Å². The van der Waals surface area contributed by atoms with Crippen LogP contribution in [0.15, 0.2) is 29.6 Å². The Kier molecular flexibility index (Phi) is 4.87. The number of rotatable bonds is 4. The van der Waals surface area contributed by atoms with Crippen LogP contribution in [0.1, 0.15) is 32.0 Å². The zero-order valence-corrected chi connectivity index (χ0v) is 12.6. The number of hydrogen-bond donors (Lipinski definition) is 0. The van der Waals surface area contributed by atoms with Crippen molar-refractivity contribution >= 4 is 23.3 Å². The molecule has 1 heterocycles. The highest BCUT2D eigenvalue weighted by molar-refractivity contribution is 7.10. The molecule has 1 aromatic heterocycles. The lowest BCUT2D eigenvalue weighted by Gasteiger charge is -2.09. The monoisotopic (exact) mass is 326 g/mol. The average molecular weight is 326 g/mol. The number of thiophene rings is 1. The molecule has 22 heavy (non-hydrogen) atoms. The molecule has 116 valence electrons. The van der Waals surface area contributed by atoms with Crippen LogP contribution in [0, 0.1) is 0 Å². The summed E-state index contributed by atoms with van der Waals surface area (Å²) in [5.41, 5.74) is 0.786. The average Bonchev–Trinajstić information content (AvgIpc) is 3.02. The van der Waals surface area contributed by atoms with Crippen LogP contribution in [0.4, 0.5) is 8.78 Å². The number of carbonyl (C=O) groups excluding carboxylic acids is 2. The van der Waals surface area contributed by atoms with Gasteiger partial charge in [0, 0.05) is 5.56 Å². The molecule has 0 atom stereocenters. The van der Waals surface area contributed by atoms with E-state index in [1.807, 2.05) is 0 Å². The van der Waals surface area contributed by atoms with Crippen molar-refractivity contribution in [1.29, 1.82) is 0 Å². The molecular weight excluding hydrogens is 314 g/mol. The maximum Gasteiger partial charge on any atom is 0.337 e. The van der Waals surface area contributed by atoms with Crippen molar-refractivity contribution < 1.29 is 27.8 Å². The van der Waals surface area contributed by atoms with E-state index in [1.165, 1.54) is 43.9 Å². The molecule has 2 aromatic rings. The summed E-state index contributed by atoms with van der Waals surface area (Å²) in [6.07, 6.45) is -2.64. The highest BCUT2D eigenvalue weighted by Crippen LogP contribution is 2.36. The molecular formula is C15H12F2O4S. The smallest absolute Gasteiger partial charge is 0.337 e. The molecule has 0 amide bonds. The second kappa shape index (κ2) is 6.65. The summed E-state index contributed by atoms with van der Waals surface area (Å²) in [4.78, 5) is 23.3. The number of halogens is 2. The summed E-state index contributed by atoms with van der Waals surface area (Å²) in [6, 6.07) is 5.64. The van der Waals surface area contributed by atoms with Crippen LogP contribution in [0.25, 0.3) is 11.1 Å². The van der Waals surface area contributed by atoms with Crippen LogP contribution in [-0.4, -0.2) is 26.2 Å². The molecule has 0 bridgehead atoms. The van der Waals surface area contributed by atoms with Gasteiger partial charge < -0.3 is 9.47 Å². The first kappa shape index (κ1) is 16.1. The highest BCUT2D eigenvalue weighted by Gasteiger charge is 2.19. The predicted octanol–water partition coefficient (Wildman–Crippen LogP) is 3.93. The van der Waals surface area contributed by atoms with E-state index in [4.69, 9.17) is 0 Å². The summed E-state index contributed by atoms with van der Waals surface area (Å²) >= 11 is 0.910. The van der Waals surface area contributed by atoms with E-state index < -0.39 is 18.4 Å². The Morgan fingerprint density at radius 1 is 1.05 bits per heavy atom. The van der Waals surface area contributed by atoms with Crippen molar-refractivity contribution in [3.8, 4) is 11.1 Å². The van der Waals surface area contributed by atoms with Crippen LogP contribution in [0.3, 0.4) is 0 Å². The minimum atomic E-state index is -2.64.